The first-order valence-electron chi connectivity index (χ1n) is 6.78. The highest BCUT2D eigenvalue weighted by atomic mass is 16.6. The predicted octanol–water partition coefficient (Wildman–Crippen LogP) is 3.93. The average Bonchev–Trinajstić information content (AvgIpc) is 2.79. The molecule has 1 fully saturated rings. The second kappa shape index (κ2) is 5.70. The normalized spacial score (nSPS) is 18.1. The van der Waals surface area contributed by atoms with Crippen molar-refractivity contribution in [1.29, 1.82) is 0 Å². The molecule has 0 N–H and O–H groups in total. The summed E-state index contributed by atoms with van der Waals surface area (Å²) in [5.74, 6) is 0.541. The first-order valence-corrected chi connectivity index (χ1v) is 6.78. The van der Waals surface area contributed by atoms with Crippen molar-refractivity contribution in [2.75, 3.05) is 0 Å². The highest BCUT2D eigenvalue weighted by molar-refractivity contribution is 5.72. The minimum atomic E-state index is -0.183. The topological polar surface area (TPSA) is 26.3 Å². The molecule has 0 aromatic carbocycles. The van der Waals surface area contributed by atoms with Crippen molar-refractivity contribution in [3.05, 3.63) is 0 Å². The molecule has 0 aromatic rings. The molecule has 94 valence electrons. The van der Waals surface area contributed by atoms with E-state index in [9.17, 15) is 4.79 Å². The van der Waals surface area contributed by atoms with Crippen molar-refractivity contribution in [3.63, 3.8) is 0 Å². The van der Waals surface area contributed by atoms with E-state index in [4.69, 9.17) is 4.74 Å². The van der Waals surface area contributed by atoms with E-state index in [2.05, 4.69) is 13.8 Å². The quantitative estimate of drug-likeness (QED) is 0.664. The number of ether oxygens (including phenoxy) is 1. The van der Waals surface area contributed by atoms with Gasteiger partial charge in [0.05, 0.1) is 5.92 Å². The second-order valence-electron chi connectivity index (χ2n) is 5.33. The maximum Gasteiger partial charge on any atom is 0.308 e. The summed E-state index contributed by atoms with van der Waals surface area (Å²) < 4.78 is 5.84. The lowest BCUT2D eigenvalue weighted by Gasteiger charge is -2.37. The van der Waals surface area contributed by atoms with Crippen LogP contribution in [0.5, 0.6) is 0 Å². The first-order chi connectivity index (χ1) is 7.55. The lowest BCUT2D eigenvalue weighted by molar-refractivity contribution is -0.171. The van der Waals surface area contributed by atoms with Crippen LogP contribution in [0.2, 0.25) is 0 Å². The van der Waals surface area contributed by atoms with Crippen LogP contribution in [0.4, 0.5) is 0 Å². The van der Waals surface area contributed by atoms with Gasteiger partial charge in [-0.05, 0) is 31.6 Å². The third-order valence-electron chi connectivity index (χ3n) is 4.07. The fraction of sp³-hybridized carbons (Fsp3) is 0.929. The molecule has 0 unspecified atom stereocenters. The Bertz CT molecular complexity index is 223. The number of carbonyl (C=O) groups excluding carboxylic acids is 1. The second-order valence-corrected chi connectivity index (χ2v) is 5.33. The van der Waals surface area contributed by atoms with Gasteiger partial charge in [-0.25, -0.2) is 0 Å². The molecule has 0 atom stereocenters. The summed E-state index contributed by atoms with van der Waals surface area (Å²) in [4.78, 5) is 11.8. The van der Waals surface area contributed by atoms with Crippen molar-refractivity contribution in [1.82, 2.24) is 0 Å². The van der Waals surface area contributed by atoms with Crippen molar-refractivity contribution in [2.24, 2.45) is 11.8 Å². The maximum absolute atomic E-state index is 11.8. The van der Waals surface area contributed by atoms with Crippen molar-refractivity contribution in [3.8, 4) is 0 Å². The van der Waals surface area contributed by atoms with Gasteiger partial charge in [0.25, 0.3) is 0 Å². The van der Waals surface area contributed by atoms with Gasteiger partial charge in [0.1, 0.15) is 5.60 Å². The summed E-state index contributed by atoms with van der Waals surface area (Å²) in [6.45, 7) is 8.12. The van der Waals surface area contributed by atoms with Gasteiger partial charge in [0.2, 0.25) is 0 Å². The molecule has 0 spiro atoms. The number of hydrogen-bond acceptors (Lipinski definition) is 2. The van der Waals surface area contributed by atoms with Crippen molar-refractivity contribution in [2.45, 2.75) is 71.8 Å². The Morgan fingerprint density at radius 2 is 1.75 bits per heavy atom. The largest absolute Gasteiger partial charge is 0.459 e. The third kappa shape index (κ3) is 2.78. The van der Waals surface area contributed by atoms with Crippen LogP contribution in [0.25, 0.3) is 0 Å². The van der Waals surface area contributed by atoms with E-state index in [0.717, 1.165) is 12.8 Å². The van der Waals surface area contributed by atoms with E-state index in [1.54, 1.807) is 0 Å². The molecule has 0 radical (unpaired) electrons. The van der Waals surface area contributed by atoms with Gasteiger partial charge in [0.15, 0.2) is 0 Å². The average molecular weight is 226 g/mol. The summed E-state index contributed by atoms with van der Waals surface area (Å²) in [6, 6.07) is 0. The predicted molar refractivity (Wildman–Crippen MR) is 66.2 cm³/mol. The Kier molecular flexibility index (Phi) is 4.82. The Labute approximate surface area is 99.8 Å². The van der Waals surface area contributed by atoms with E-state index in [0.29, 0.717) is 5.92 Å². The molecular formula is C14H26O2. The van der Waals surface area contributed by atoms with Gasteiger partial charge in [-0.1, -0.05) is 40.5 Å². The van der Waals surface area contributed by atoms with E-state index in [1.807, 2.05) is 13.8 Å². The summed E-state index contributed by atoms with van der Waals surface area (Å²) in [6.07, 6.45) is 6.96. The van der Waals surface area contributed by atoms with Crippen LogP contribution in [0.15, 0.2) is 0 Å². The van der Waals surface area contributed by atoms with Gasteiger partial charge in [-0.3, -0.25) is 4.79 Å². The SMILES string of the molecule is CCC(CC)(OC(=O)C(C)C)C1CCCC1. The Morgan fingerprint density at radius 3 is 2.12 bits per heavy atom. The van der Waals surface area contributed by atoms with Crippen LogP contribution in [-0.4, -0.2) is 11.6 Å². The van der Waals surface area contributed by atoms with Crippen LogP contribution < -0.4 is 0 Å². The van der Waals surface area contributed by atoms with Gasteiger partial charge in [-0.15, -0.1) is 0 Å². The van der Waals surface area contributed by atoms with Crippen LogP contribution in [0.3, 0.4) is 0 Å². The molecule has 2 nitrogen and oxygen atoms in total. The molecule has 0 saturated heterocycles. The lowest BCUT2D eigenvalue weighted by atomic mass is 9.81. The van der Waals surface area contributed by atoms with Crippen LogP contribution >= 0.6 is 0 Å². The molecule has 2 heteroatoms. The monoisotopic (exact) mass is 226 g/mol. The van der Waals surface area contributed by atoms with Crippen LogP contribution in [0, 0.1) is 11.8 Å². The smallest absolute Gasteiger partial charge is 0.308 e. The fourth-order valence-electron chi connectivity index (χ4n) is 2.83. The van der Waals surface area contributed by atoms with E-state index in [1.165, 1.54) is 25.7 Å². The van der Waals surface area contributed by atoms with E-state index < -0.39 is 0 Å². The highest BCUT2D eigenvalue weighted by Gasteiger charge is 2.40. The van der Waals surface area contributed by atoms with Gasteiger partial charge in [-0.2, -0.15) is 0 Å². The van der Waals surface area contributed by atoms with Gasteiger partial charge in [0, 0.05) is 0 Å². The Morgan fingerprint density at radius 1 is 1.25 bits per heavy atom. The standard InChI is InChI=1S/C14H26O2/c1-5-14(6-2,12-9-7-8-10-12)16-13(15)11(3)4/h11-12H,5-10H2,1-4H3. The van der Waals surface area contributed by atoms with Crippen molar-refractivity contribution < 1.29 is 9.53 Å². The minimum Gasteiger partial charge on any atom is -0.459 e. The highest BCUT2D eigenvalue weighted by Crippen LogP contribution is 2.41. The summed E-state index contributed by atoms with van der Waals surface area (Å²) >= 11 is 0. The zero-order valence-electron chi connectivity index (χ0n) is 11.2. The molecule has 1 aliphatic rings. The van der Waals surface area contributed by atoms with E-state index in [-0.39, 0.29) is 17.5 Å². The first kappa shape index (κ1) is 13.5. The van der Waals surface area contributed by atoms with E-state index >= 15 is 0 Å². The Balaban J connectivity index is 2.74. The van der Waals surface area contributed by atoms with Crippen LogP contribution in [0.1, 0.15) is 66.2 Å². The van der Waals surface area contributed by atoms with Gasteiger partial charge < -0.3 is 4.74 Å². The number of hydrogen-bond donors (Lipinski definition) is 0. The summed E-state index contributed by atoms with van der Waals surface area (Å²) in [5, 5.41) is 0. The molecule has 0 bridgehead atoms. The molecule has 1 saturated carbocycles. The minimum absolute atomic E-state index is 0.0149. The number of esters is 1. The maximum atomic E-state index is 11.8. The van der Waals surface area contributed by atoms with Crippen LogP contribution in [-0.2, 0) is 9.53 Å². The van der Waals surface area contributed by atoms with Crippen molar-refractivity contribution >= 4 is 5.97 Å². The number of rotatable bonds is 5. The molecule has 0 heterocycles. The molecule has 0 aliphatic heterocycles. The molecule has 0 aromatic heterocycles. The third-order valence-corrected chi connectivity index (χ3v) is 4.07. The fourth-order valence-corrected chi connectivity index (χ4v) is 2.83. The molecule has 16 heavy (non-hydrogen) atoms. The molecule has 1 rings (SSSR count). The summed E-state index contributed by atoms with van der Waals surface area (Å²) in [5.41, 5.74) is -0.183. The summed E-state index contributed by atoms with van der Waals surface area (Å²) in [7, 11) is 0. The molecule has 1 aliphatic carbocycles. The Hall–Kier alpha value is -0.530. The molecular weight excluding hydrogens is 200 g/mol. The zero-order chi connectivity index (χ0) is 12.2. The zero-order valence-corrected chi connectivity index (χ0v) is 11.2. The molecule has 0 amide bonds. The number of carbonyl (C=O) groups is 1. The lowest BCUT2D eigenvalue weighted by Crippen LogP contribution is -2.41. The van der Waals surface area contributed by atoms with Gasteiger partial charge >= 0.3 is 5.97 Å².